The minimum Gasteiger partial charge on any atom is -0.337 e. The van der Waals surface area contributed by atoms with E-state index in [1.165, 1.54) is 36.4 Å². The van der Waals surface area contributed by atoms with Gasteiger partial charge in [0.1, 0.15) is 11.6 Å². The van der Waals surface area contributed by atoms with Gasteiger partial charge in [-0.3, -0.25) is 9.69 Å². The van der Waals surface area contributed by atoms with Crippen molar-refractivity contribution in [1.29, 1.82) is 0 Å². The second-order valence-corrected chi connectivity index (χ2v) is 6.57. The number of hydrogen-bond acceptors (Lipinski definition) is 2. The molecule has 0 atom stereocenters. The van der Waals surface area contributed by atoms with Crippen molar-refractivity contribution < 1.29 is 13.6 Å². The van der Waals surface area contributed by atoms with Crippen LogP contribution in [0.5, 0.6) is 0 Å². The van der Waals surface area contributed by atoms with Crippen molar-refractivity contribution in [1.82, 2.24) is 9.80 Å². The Morgan fingerprint density at radius 3 is 2.40 bits per heavy atom. The largest absolute Gasteiger partial charge is 0.337 e. The molecule has 0 unspecified atom stereocenters. The molecule has 3 nitrogen and oxygen atoms in total. The zero-order valence-corrected chi connectivity index (χ0v) is 14.5. The van der Waals surface area contributed by atoms with Crippen molar-refractivity contribution in [2.24, 2.45) is 0 Å². The lowest BCUT2D eigenvalue weighted by molar-refractivity contribution is 0.0761. The van der Waals surface area contributed by atoms with Crippen LogP contribution in [0.15, 0.2) is 42.5 Å². The summed E-state index contributed by atoms with van der Waals surface area (Å²) in [5, 5.41) is 0.420. The van der Waals surface area contributed by atoms with Crippen LogP contribution in [-0.2, 0) is 6.54 Å². The van der Waals surface area contributed by atoms with Crippen molar-refractivity contribution in [2.45, 2.75) is 13.0 Å². The fourth-order valence-electron chi connectivity index (χ4n) is 3.00. The van der Waals surface area contributed by atoms with Gasteiger partial charge in [-0.25, -0.2) is 8.78 Å². The molecule has 25 heavy (non-hydrogen) atoms. The molecule has 1 aliphatic rings. The van der Waals surface area contributed by atoms with Gasteiger partial charge in [-0.1, -0.05) is 17.7 Å². The maximum atomic E-state index is 13.2. The van der Waals surface area contributed by atoms with E-state index >= 15 is 0 Å². The molecule has 0 saturated carbocycles. The Morgan fingerprint density at radius 1 is 0.960 bits per heavy atom. The van der Waals surface area contributed by atoms with Crippen molar-refractivity contribution in [3.05, 3.63) is 70.2 Å². The standard InChI is InChI=1S/C19H19ClF2N2O/c20-18-12-17(22)7-4-15(18)13-23-8-1-9-24(11-10-23)19(25)14-2-5-16(21)6-3-14/h2-7,12H,1,8-11,13H2. The first-order valence-corrected chi connectivity index (χ1v) is 8.62. The molecule has 0 aliphatic carbocycles. The molecular weight excluding hydrogens is 346 g/mol. The Morgan fingerprint density at radius 2 is 1.68 bits per heavy atom. The summed E-state index contributed by atoms with van der Waals surface area (Å²) < 4.78 is 26.2. The van der Waals surface area contributed by atoms with E-state index in [1.54, 1.807) is 11.0 Å². The SMILES string of the molecule is O=C(c1ccc(F)cc1)N1CCCN(Cc2ccc(F)cc2Cl)CC1. The van der Waals surface area contributed by atoms with Crippen LogP contribution in [0.1, 0.15) is 22.3 Å². The summed E-state index contributed by atoms with van der Waals surface area (Å²) in [6, 6.07) is 10.0. The second kappa shape index (κ2) is 7.93. The summed E-state index contributed by atoms with van der Waals surface area (Å²) in [6.07, 6.45) is 0.839. The molecule has 132 valence electrons. The van der Waals surface area contributed by atoms with Gasteiger partial charge in [0.25, 0.3) is 5.91 Å². The minimum atomic E-state index is -0.352. The summed E-state index contributed by atoms with van der Waals surface area (Å²) in [4.78, 5) is 16.5. The normalized spacial score (nSPS) is 15.9. The van der Waals surface area contributed by atoms with E-state index in [9.17, 15) is 13.6 Å². The van der Waals surface area contributed by atoms with Crippen LogP contribution in [0.2, 0.25) is 5.02 Å². The van der Waals surface area contributed by atoms with Gasteiger partial charge in [0.05, 0.1) is 0 Å². The Hall–Kier alpha value is -1.98. The van der Waals surface area contributed by atoms with Crippen LogP contribution in [0, 0.1) is 11.6 Å². The number of carbonyl (C=O) groups excluding carboxylic acids is 1. The molecule has 0 N–H and O–H groups in total. The van der Waals surface area contributed by atoms with Gasteiger partial charge in [-0.05, 0) is 48.4 Å². The van der Waals surface area contributed by atoms with Crippen LogP contribution < -0.4 is 0 Å². The molecule has 2 aromatic rings. The van der Waals surface area contributed by atoms with Gasteiger partial charge in [0.15, 0.2) is 0 Å². The highest BCUT2D eigenvalue weighted by molar-refractivity contribution is 6.31. The summed E-state index contributed by atoms with van der Waals surface area (Å²) in [5.41, 5.74) is 1.37. The van der Waals surface area contributed by atoms with Gasteiger partial charge >= 0.3 is 0 Å². The third-order valence-corrected chi connectivity index (χ3v) is 4.73. The van der Waals surface area contributed by atoms with E-state index in [-0.39, 0.29) is 17.5 Å². The van der Waals surface area contributed by atoms with Gasteiger partial charge in [-0.15, -0.1) is 0 Å². The van der Waals surface area contributed by atoms with E-state index < -0.39 is 0 Å². The third kappa shape index (κ3) is 4.55. The molecule has 1 aliphatic heterocycles. The van der Waals surface area contributed by atoms with Crippen molar-refractivity contribution >= 4 is 17.5 Å². The lowest BCUT2D eigenvalue weighted by Gasteiger charge is -2.22. The highest BCUT2D eigenvalue weighted by atomic mass is 35.5. The Balaban J connectivity index is 1.62. The molecule has 0 radical (unpaired) electrons. The van der Waals surface area contributed by atoms with E-state index in [2.05, 4.69) is 4.90 Å². The molecule has 0 bridgehead atoms. The number of benzene rings is 2. The second-order valence-electron chi connectivity index (χ2n) is 6.16. The predicted octanol–water partition coefficient (Wildman–Crippen LogP) is 3.97. The van der Waals surface area contributed by atoms with E-state index in [0.29, 0.717) is 36.8 Å². The zero-order valence-electron chi connectivity index (χ0n) is 13.7. The van der Waals surface area contributed by atoms with E-state index in [0.717, 1.165) is 18.5 Å². The monoisotopic (exact) mass is 364 g/mol. The fraction of sp³-hybridized carbons (Fsp3) is 0.316. The summed E-state index contributed by atoms with van der Waals surface area (Å²) >= 11 is 6.10. The van der Waals surface area contributed by atoms with Gasteiger partial charge in [0.2, 0.25) is 0 Å². The molecule has 6 heteroatoms. The van der Waals surface area contributed by atoms with Crippen molar-refractivity contribution in [3.8, 4) is 0 Å². The maximum absolute atomic E-state index is 13.2. The molecule has 0 spiro atoms. The first kappa shape index (κ1) is 17.8. The number of halogens is 3. The van der Waals surface area contributed by atoms with Crippen molar-refractivity contribution in [2.75, 3.05) is 26.2 Å². The van der Waals surface area contributed by atoms with Crippen LogP contribution in [0.25, 0.3) is 0 Å². The maximum Gasteiger partial charge on any atom is 0.253 e. The Labute approximate surface area is 150 Å². The first-order valence-electron chi connectivity index (χ1n) is 8.24. The third-order valence-electron chi connectivity index (χ3n) is 4.38. The molecule has 0 aromatic heterocycles. The molecular formula is C19H19ClF2N2O. The average Bonchev–Trinajstić information content (AvgIpc) is 2.83. The highest BCUT2D eigenvalue weighted by Crippen LogP contribution is 2.20. The molecule has 3 rings (SSSR count). The number of nitrogens with zero attached hydrogens (tertiary/aromatic N) is 2. The number of hydrogen-bond donors (Lipinski definition) is 0. The van der Waals surface area contributed by atoms with Crippen LogP contribution in [0.4, 0.5) is 8.78 Å². The Bertz CT molecular complexity index is 752. The van der Waals surface area contributed by atoms with E-state index in [4.69, 9.17) is 11.6 Å². The molecule has 1 fully saturated rings. The van der Waals surface area contributed by atoms with Crippen LogP contribution >= 0.6 is 11.6 Å². The number of amides is 1. The minimum absolute atomic E-state index is 0.0818. The van der Waals surface area contributed by atoms with Gasteiger partial charge in [0, 0.05) is 43.3 Å². The topological polar surface area (TPSA) is 23.6 Å². The Kier molecular flexibility index (Phi) is 5.66. The lowest BCUT2D eigenvalue weighted by atomic mass is 10.2. The van der Waals surface area contributed by atoms with E-state index in [1.807, 2.05) is 0 Å². The van der Waals surface area contributed by atoms with Crippen molar-refractivity contribution in [3.63, 3.8) is 0 Å². The van der Waals surface area contributed by atoms with Gasteiger partial charge in [-0.2, -0.15) is 0 Å². The number of rotatable bonds is 3. The fourth-order valence-corrected chi connectivity index (χ4v) is 3.22. The molecule has 1 amide bonds. The smallest absolute Gasteiger partial charge is 0.253 e. The highest BCUT2D eigenvalue weighted by Gasteiger charge is 2.20. The summed E-state index contributed by atoms with van der Waals surface area (Å²) in [7, 11) is 0. The average molecular weight is 365 g/mol. The lowest BCUT2D eigenvalue weighted by Crippen LogP contribution is -2.35. The zero-order chi connectivity index (χ0) is 17.8. The molecule has 1 saturated heterocycles. The first-order chi connectivity index (χ1) is 12.0. The number of carbonyl (C=O) groups is 1. The van der Waals surface area contributed by atoms with Crippen LogP contribution in [-0.4, -0.2) is 41.9 Å². The molecule has 1 heterocycles. The van der Waals surface area contributed by atoms with Crippen LogP contribution in [0.3, 0.4) is 0 Å². The summed E-state index contributed by atoms with van der Waals surface area (Å²) in [6.45, 7) is 3.41. The quantitative estimate of drug-likeness (QED) is 0.822. The summed E-state index contributed by atoms with van der Waals surface area (Å²) in [5.74, 6) is -0.780. The van der Waals surface area contributed by atoms with Gasteiger partial charge < -0.3 is 4.90 Å². The molecule has 2 aromatic carbocycles. The predicted molar refractivity (Wildman–Crippen MR) is 93.6 cm³/mol.